The van der Waals surface area contributed by atoms with Gasteiger partial charge in [0.25, 0.3) is 11.1 Å². The number of carbonyl (C=O) groups is 3. The molecule has 9 nitrogen and oxygen atoms in total. The molecule has 3 N–H and O–H groups in total. The molecule has 0 saturated heterocycles. The van der Waals surface area contributed by atoms with E-state index in [9.17, 15) is 14.4 Å². The first kappa shape index (κ1) is 22.3. The second kappa shape index (κ2) is 10.1. The minimum absolute atomic E-state index is 0.0113. The van der Waals surface area contributed by atoms with Gasteiger partial charge in [-0.15, -0.1) is 21.5 Å². The number of amides is 2. The second-order valence-corrected chi connectivity index (χ2v) is 8.87. The SMILES string of the molecule is CCOC(=O)c1c(NC(=O)CSc2nnc(C3CCCCC3)o2)sc(C(N)=O)c1C. The molecular formula is C19H24N4O5S2. The molecule has 1 saturated carbocycles. The van der Waals surface area contributed by atoms with Gasteiger partial charge >= 0.3 is 5.97 Å². The van der Waals surface area contributed by atoms with E-state index in [1.54, 1.807) is 13.8 Å². The van der Waals surface area contributed by atoms with Crippen LogP contribution >= 0.6 is 23.1 Å². The predicted molar refractivity (Wildman–Crippen MR) is 113 cm³/mol. The monoisotopic (exact) mass is 452 g/mol. The normalized spacial score (nSPS) is 14.5. The van der Waals surface area contributed by atoms with Crippen molar-refractivity contribution in [2.75, 3.05) is 17.7 Å². The van der Waals surface area contributed by atoms with Crippen molar-refractivity contribution in [3.63, 3.8) is 0 Å². The number of esters is 1. The zero-order valence-electron chi connectivity index (χ0n) is 16.9. The summed E-state index contributed by atoms with van der Waals surface area (Å²) in [5.74, 6) is -0.725. The van der Waals surface area contributed by atoms with Crippen LogP contribution in [0.5, 0.6) is 0 Å². The molecule has 1 aliphatic carbocycles. The number of primary amides is 1. The fraction of sp³-hybridized carbons (Fsp3) is 0.526. The first-order chi connectivity index (χ1) is 14.4. The molecule has 0 bridgehead atoms. The van der Waals surface area contributed by atoms with Gasteiger partial charge in [0.15, 0.2) is 0 Å². The standard InChI is InChI=1S/C19H24N4O5S2/c1-3-27-18(26)13-10(2)14(15(20)25)30-17(13)21-12(24)9-29-19-23-22-16(28-19)11-7-5-4-6-8-11/h11H,3-9H2,1-2H3,(H2,20,25)(H,21,24). The lowest BCUT2D eigenvalue weighted by atomic mass is 9.89. The Bertz CT molecular complexity index is 933. The number of nitrogens with one attached hydrogen (secondary N) is 1. The van der Waals surface area contributed by atoms with E-state index in [0.29, 0.717) is 22.6 Å². The maximum atomic E-state index is 12.4. The average molecular weight is 453 g/mol. The van der Waals surface area contributed by atoms with E-state index in [1.165, 1.54) is 6.42 Å². The number of rotatable bonds is 8. The number of aromatic nitrogens is 2. The Morgan fingerprint density at radius 2 is 2.00 bits per heavy atom. The average Bonchev–Trinajstić information content (AvgIpc) is 3.32. The third-order valence-corrected chi connectivity index (χ3v) is 6.85. The minimum Gasteiger partial charge on any atom is -0.462 e. The number of carbonyl (C=O) groups excluding carboxylic acids is 3. The third-order valence-electron chi connectivity index (χ3n) is 4.81. The van der Waals surface area contributed by atoms with Crippen molar-refractivity contribution in [3.8, 4) is 0 Å². The van der Waals surface area contributed by atoms with Crippen LogP contribution < -0.4 is 11.1 Å². The van der Waals surface area contributed by atoms with E-state index in [1.807, 2.05) is 0 Å². The van der Waals surface area contributed by atoms with E-state index in [-0.39, 0.29) is 33.7 Å². The molecule has 2 heterocycles. The molecule has 0 atom stereocenters. The summed E-state index contributed by atoms with van der Waals surface area (Å²) >= 11 is 2.07. The highest BCUT2D eigenvalue weighted by Crippen LogP contribution is 2.35. The van der Waals surface area contributed by atoms with Crippen molar-refractivity contribution < 1.29 is 23.5 Å². The number of nitrogens with zero attached hydrogens (tertiary/aromatic N) is 2. The molecule has 0 aliphatic heterocycles. The van der Waals surface area contributed by atoms with Crippen LogP contribution in [0.3, 0.4) is 0 Å². The van der Waals surface area contributed by atoms with E-state index >= 15 is 0 Å². The Kier molecular flexibility index (Phi) is 7.48. The topological polar surface area (TPSA) is 137 Å². The Labute approximate surface area is 182 Å². The molecule has 3 rings (SSSR count). The van der Waals surface area contributed by atoms with Crippen LogP contribution in [-0.2, 0) is 9.53 Å². The summed E-state index contributed by atoms with van der Waals surface area (Å²) in [6, 6.07) is 0. The zero-order valence-corrected chi connectivity index (χ0v) is 18.5. The largest absolute Gasteiger partial charge is 0.462 e. The Morgan fingerprint density at radius 3 is 2.67 bits per heavy atom. The quantitative estimate of drug-likeness (QED) is 0.458. The predicted octanol–water partition coefficient (Wildman–Crippen LogP) is 3.49. The third kappa shape index (κ3) is 5.20. The molecule has 2 aromatic rings. The van der Waals surface area contributed by atoms with Gasteiger partial charge in [0.05, 0.1) is 22.8 Å². The van der Waals surface area contributed by atoms with Gasteiger partial charge in [0.2, 0.25) is 11.8 Å². The van der Waals surface area contributed by atoms with Crippen LogP contribution in [0.4, 0.5) is 5.00 Å². The smallest absolute Gasteiger partial charge is 0.341 e. The van der Waals surface area contributed by atoms with Crippen LogP contribution in [0.15, 0.2) is 9.64 Å². The lowest BCUT2D eigenvalue weighted by Crippen LogP contribution is -2.16. The van der Waals surface area contributed by atoms with Crippen LogP contribution in [0, 0.1) is 6.92 Å². The summed E-state index contributed by atoms with van der Waals surface area (Å²) in [6.07, 6.45) is 5.65. The van der Waals surface area contributed by atoms with Crippen molar-refractivity contribution in [1.82, 2.24) is 10.2 Å². The summed E-state index contributed by atoms with van der Waals surface area (Å²) in [4.78, 5) is 36.5. The highest BCUT2D eigenvalue weighted by atomic mass is 32.2. The van der Waals surface area contributed by atoms with Gasteiger partial charge in [-0.3, -0.25) is 9.59 Å². The fourth-order valence-electron chi connectivity index (χ4n) is 3.37. The van der Waals surface area contributed by atoms with Gasteiger partial charge in [-0.25, -0.2) is 4.79 Å². The van der Waals surface area contributed by atoms with Gasteiger partial charge in [-0.05, 0) is 32.3 Å². The molecule has 0 radical (unpaired) electrons. The van der Waals surface area contributed by atoms with Gasteiger partial charge in [-0.2, -0.15) is 0 Å². The fourth-order valence-corrected chi connectivity index (χ4v) is 5.00. The molecule has 1 fully saturated rings. The molecule has 1 aliphatic rings. The number of nitrogens with two attached hydrogens (primary N) is 1. The Balaban J connectivity index is 1.64. The summed E-state index contributed by atoms with van der Waals surface area (Å²) in [7, 11) is 0. The molecular weight excluding hydrogens is 428 g/mol. The maximum absolute atomic E-state index is 12.4. The second-order valence-electron chi connectivity index (χ2n) is 6.92. The zero-order chi connectivity index (χ0) is 21.7. The first-order valence-corrected chi connectivity index (χ1v) is 11.6. The van der Waals surface area contributed by atoms with Crippen LogP contribution in [0.1, 0.15) is 76.4 Å². The molecule has 0 spiro atoms. The van der Waals surface area contributed by atoms with Crippen molar-refractivity contribution in [2.45, 2.75) is 57.1 Å². The summed E-state index contributed by atoms with van der Waals surface area (Å²) in [5, 5.41) is 11.4. The number of ether oxygens (including phenoxy) is 1. The highest BCUT2D eigenvalue weighted by Gasteiger charge is 2.26. The number of hydrogen-bond donors (Lipinski definition) is 2. The Morgan fingerprint density at radius 1 is 1.27 bits per heavy atom. The van der Waals surface area contributed by atoms with Gasteiger partial charge in [0, 0.05) is 5.92 Å². The minimum atomic E-state index is -0.668. The number of hydrogen-bond acceptors (Lipinski definition) is 9. The van der Waals surface area contributed by atoms with E-state index in [2.05, 4.69) is 15.5 Å². The summed E-state index contributed by atoms with van der Waals surface area (Å²) in [6.45, 7) is 3.44. The summed E-state index contributed by atoms with van der Waals surface area (Å²) in [5.41, 5.74) is 5.91. The van der Waals surface area contributed by atoms with E-state index < -0.39 is 11.9 Å². The van der Waals surface area contributed by atoms with Crippen molar-refractivity contribution in [2.24, 2.45) is 5.73 Å². The van der Waals surface area contributed by atoms with E-state index in [0.717, 1.165) is 48.8 Å². The molecule has 0 aromatic carbocycles. The van der Waals surface area contributed by atoms with Crippen molar-refractivity contribution in [1.29, 1.82) is 0 Å². The van der Waals surface area contributed by atoms with Gasteiger partial charge < -0.3 is 20.2 Å². The molecule has 30 heavy (non-hydrogen) atoms. The maximum Gasteiger partial charge on any atom is 0.341 e. The van der Waals surface area contributed by atoms with Gasteiger partial charge in [0.1, 0.15) is 5.00 Å². The van der Waals surface area contributed by atoms with Crippen LogP contribution in [0.25, 0.3) is 0 Å². The Hall–Kier alpha value is -2.40. The molecule has 162 valence electrons. The van der Waals surface area contributed by atoms with E-state index in [4.69, 9.17) is 14.9 Å². The van der Waals surface area contributed by atoms with Gasteiger partial charge in [-0.1, -0.05) is 31.0 Å². The molecule has 0 unspecified atom stereocenters. The highest BCUT2D eigenvalue weighted by molar-refractivity contribution is 7.99. The number of thioether (sulfide) groups is 1. The lowest BCUT2D eigenvalue weighted by Gasteiger charge is -2.17. The van der Waals surface area contributed by atoms with Crippen molar-refractivity contribution >= 4 is 45.9 Å². The number of thiophene rings is 1. The molecule has 11 heteroatoms. The molecule has 2 amide bonds. The summed E-state index contributed by atoms with van der Waals surface area (Å²) < 4.78 is 10.7. The lowest BCUT2D eigenvalue weighted by molar-refractivity contribution is -0.113. The van der Waals surface area contributed by atoms with Crippen LogP contribution in [-0.4, -0.2) is 40.3 Å². The van der Waals surface area contributed by atoms with Crippen LogP contribution in [0.2, 0.25) is 0 Å². The molecule has 2 aromatic heterocycles. The van der Waals surface area contributed by atoms with Crippen molar-refractivity contribution in [3.05, 3.63) is 21.9 Å². The first-order valence-electron chi connectivity index (χ1n) is 9.77. The number of anilines is 1.